The predicted molar refractivity (Wildman–Crippen MR) is 116 cm³/mol. The van der Waals surface area contributed by atoms with Crippen molar-refractivity contribution in [2.24, 2.45) is 0 Å². The van der Waals surface area contributed by atoms with Crippen molar-refractivity contribution in [3.8, 4) is 11.1 Å². The molecule has 0 radical (unpaired) electrons. The van der Waals surface area contributed by atoms with Gasteiger partial charge in [0.2, 0.25) is 0 Å². The third kappa shape index (κ3) is 3.60. The maximum absolute atomic E-state index is 13.4. The molecule has 0 atom stereocenters. The number of rotatable bonds is 4. The lowest BCUT2D eigenvalue weighted by Gasteiger charge is -2.38. The van der Waals surface area contributed by atoms with Crippen LogP contribution < -0.4 is 5.32 Å². The van der Waals surface area contributed by atoms with Gasteiger partial charge in [-0.1, -0.05) is 37.5 Å². The lowest BCUT2D eigenvalue weighted by Crippen LogP contribution is -2.46. The largest absolute Gasteiger partial charge is 0.510 e. The van der Waals surface area contributed by atoms with E-state index in [1.54, 1.807) is 0 Å². The number of allylic oxidation sites excluding steroid dienone is 1. The summed E-state index contributed by atoms with van der Waals surface area (Å²) in [6.45, 7) is 8.34. The highest BCUT2D eigenvalue weighted by atomic mass is 19.1. The van der Waals surface area contributed by atoms with Crippen LogP contribution >= 0.6 is 0 Å². The summed E-state index contributed by atoms with van der Waals surface area (Å²) in [5.41, 5.74) is 7.29. The van der Waals surface area contributed by atoms with E-state index >= 15 is 0 Å². The molecule has 2 aromatic rings. The zero-order valence-electron chi connectivity index (χ0n) is 17.7. The Morgan fingerprint density at radius 3 is 2.18 bits per heavy atom. The first-order valence-electron chi connectivity index (χ1n) is 10.3. The first kappa shape index (κ1) is 20.6. The Morgan fingerprint density at radius 1 is 1.00 bits per heavy atom. The molecule has 2 nitrogen and oxygen atoms in total. The molecule has 0 aliphatic heterocycles. The number of likely N-dealkylation sites (N-methyl/N-ethyl adjacent to an activating group) is 1. The minimum absolute atomic E-state index is 0.228. The lowest BCUT2D eigenvalue weighted by atomic mass is 9.77. The number of aryl methyl sites for hydroxylation is 2. The standard InChI is InChI=1S/C25H32FNO/c1-16-15-17(2)23(20-9-11-21(26)12-10-20)18(3)22(16)19(4)24(28)25(27-5)13-7-6-8-14-25/h9-12,15,27-28H,6-8,13-14H2,1-5H3/b24-19-. The first-order chi connectivity index (χ1) is 13.3. The molecule has 0 amide bonds. The molecule has 1 aliphatic carbocycles. The molecule has 1 aliphatic rings. The Kier molecular flexibility index (Phi) is 5.95. The van der Waals surface area contributed by atoms with Crippen LogP contribution in [0.2, 0.25) is 0 Å². The second-order valence-corrected chi connectivity index (χ2v) is 8.26. The van der Waals surface area contributed by atoms with E-state index in [0.717, 1.165) is 59.1 Å². The molecule has 1 saturated carbocycles. The average molecular weight is 382 g/mol. The number of hydrogen-bond acceptors (Lipinski definition) is 2. The van der Waals surface area contributed by atoms with Gasteiger partial charge in [0.25, 0.3) is 0 Å². The van der Waals surface area contributed by atoms with E-state index in [0.29, 0.717) is 5.76 Å². The molecule has 0 unspecified atom stereocenters. The van der Waals surface area contributed by atoms with E-state index < -0.39 is 0 Å². The van der Waals surface area contributed by atoms with Crippen LogP contribution in [0.25, 0.3) is 16.7 Å². The topological polar surface area (TPSA) is 32.3 Å². The highest BCUT2D eigenvalue weighted by molar-refractivity contribution is 5.81. The van der Waals surface area contributed by atoms with E-state index in [9.17, 15) is 9.50 Å². The highest BCUT2D eigenvalue weighted by Gasteiger charge is 2.36. The van der Waals surface area contributed by atoms with Gasteiger partial charge in [0.1, 0.15) is 11.6 Å². The molecular weight excluding hydrogens is 349 g/mol. The predicted octanol–water partition coefficient (Wildman–Crippen LogP) is 6.63. The van der Waals surface area contributed by atoms with E-state index in [2.05, 4.69) is 32.2 Å². The Bertz CT molecular complexity index is 890. The normalized spacial score (nSPS) is 17.4. The minimum atomic E-state index is -0.331. The van der Waals surface area contributed by atoms with E-state index in [1.807, 2.05) is 26.1 Å². The van der Waals surface area contributed by atoms with Crippen LogP contribution in [-0.4, -0.2) is 17.7 Å². The van der Waals surface area contributed by atoms with Gasteiger partial charge in [0, 0.05) is 0 Å². The molecule has 2 aromatic carbocycles. The van der Waals surface area contributed by atoms with Gasteiger partial charge < -0.3 is 10.4 Å². The second kappa shape index (κ2) is 8.08. The first-order valence-corrected chi connectivity index (χ1v) is 10.3. The smallest absolute Gasteiger partial charge is 0.123 e. The fourth-order valence-corrected chi connectivity index (χ4v) is 5.06. The summed E-state index contributed by atoms with van der Waals surface area (Å²) < 4.78 is 13.4. The van der Waals surface area contributed by atoms with Crippen LogP contribution in [0.1, 0.15) is 61.3 Å². The third-order valence-electron chi connectivity index (χ3n) is 6.47. The second-order valence-electron chi connectivity index (χ2n) is 8.26. The van der Waals surface area contributed by atoms with Crippen LogP contribution in [0.3, 0.4) is 0 Å². The van der Waals surface area contributed by atoms with Gasteiger partial charge in [0.15, 0.2) is 0 Å². The van der Waals surface area contributed by atoms with E-state index in [4.69, 9.17) is 0 Å². The quantitative estimate of drug-likeness (QED) is 0.583. The summed E-state index contributed by atoms with van der Waals surface area (Å²) >= 11 is 0. The summed E-state index contributed by atoms with van der Waals surface area (Å²) in [5, 5.41) is 14.8. The van der Waals surface area contributed by atoms with Crippen molar-refractivity contribution in [3.05, 3.63) is 64.2 Å². The van der Waals surface area contributed by atoms with Crippen molar-refractivity contribution < 1.29 is 9.50 Å². The van der Waals surface area contributed by atoms with E-state index in [1.165, 1.54) is 24.1 Å². The van der Waals surface area contributed by atoms with Crippen molar-refractivity contribution in [3.63, 3.8) is 0 Å². The van der Waals surface area contributed by atoms with Crippen molar-refractivity contribution in [1.82, 2.24) is 5.32 Å². The summed E-state index contributed by atoms with van der Waals surface area (Å²) in [7, 11) is 1.95. The van der Waals surface area contributed by atoms with Gasteiger partial charge in [0.05, 0.1) is 5.54 Å². The third-order valence-corrected chi connectivity index (χ3v) is 6.47. The van der Waals surface area contributed by atoms with Gasteiger partial charge in [-0.3, -0.25) is 0 Å². The van der Waals surface area contributed by atoms with Crippen LogP contribution in [0.5, 0.6) is 0 Å². The highest BCUT2D eigenvalue weighted by Crippen LogP contribution is 2.40. The Balaban J connectivity index is 2.18. The number of aliphatic hydroxyl groups excluding tert-OH is 1. The molecule has 0 bridgehead atoms. The molecule has 3 heteroatoms. The van der Waals surface area contributed by atoms with Crippen molar-refractivity contribution >= 4 is 5.57 Å². The van der Waals surface area contributed by atoms with E-state index in [-0.39, 0.29) is 11.4 Å². The SMILES string of the molecule is CNC1(/C(O)=C(\C)c2c(C)cc(C)c(-c3ccc(F)cc3)c2C)CCCCC1. The summed E-state index contributed by atoms with van der Waals surface area (Å²) in [6, 6.07) is 8.85. The van der Waals surface area contributed by atoms with Gasteiger partial charge in [-0.2, -0.15) is 0 Å². The van der Waals surface area contributed by atoms with Crippen LogP contribution in [0, 0.1) is 26.6 Å². The van der Waals surface area contributed by atoms with Crippen molar-refractivity contribution in [1.29, 1.82) is 0 Å². The molecule has 150 valence electrons. The van der Waals surface area contributed by atoms with Crippen LogP contribution in [0.4, 0.5) is 4.39 Å². The van der Waals surface area contributed by atoms with Gasteiger partial charge >= 0.3 is 0 Å². The molecule has 1 fully saturated rings. The maximum atomic E-state index is 13.4. The average Bonchev–Trinajstić information content (AvgIpc) is 2.69. The molecule has 0 heterocycles. The fraction of sp³-hybridized carbons (Fsp3) is 0.440. The number of benzene rings is 2. The lowest BCUT2D eigenvalue weighted by molar-refractivity contribution is 0.204. The monoisotopic (exact) mass is 381 g/mol. The van der Waals surface area contributed by atoms with Crippen LogP contribution in [0.15, 0.2) is 36.1 Å². The molecule has 0 saturated heterocycles. The zero-order valence-corrected chi connectivity index (χ0v) is 17.7. The van der Waals surface area contributed by atoms with Crippen molar-refractivity contribution in [2.75, 3.05) is 7.05 Å². The Morgan fingerprint density at radius 2 is 1.61 bits per heavy atom. The summed E-state index contributed by atoms with van der Waals surface area (Å²) in [4.78, 5) is 0. The number of hydrogen-bond donors (Lipinski definition) is 2. The van der Waals surface area contributed by atoms with Gasteiger partial charge in [-0.15, -0.1) is 0 Å². The summed E-state index contributed by atoms with van der Waals surface area (Å²) in [6.07, 6.45) is 5.41. The maximum Gasteiger partial charge on any atom is 0.123 e. The molecular formula is C25H32FNO. The Labute approximate surface area is 168 Å². The molecule has 0 spiro atoms. The molecule has 0 aromatic heterocycles. The molecule has 2 N–H and O–H groups in total. The minimum Gasteiger partial charge on any atom is -0.510 e. The van der Waals surface area contributed by atoms with Gasteiger partial charge in [-0.25, -0.2) is 4.39 Å². The Hall–Kier alpha value is -2.13. The summed E-state index contributed by atoms with van der Waals surface area (Å²) in [5.74, 6) is 0.239. The zero-order chi connectivity index (χ0) is 20.5. The molecule has 28 heavy (non-hydrogen) atoms. The fourth-order valence-electron chi connectivity index (χ4n) is 5.06. The van der Waals surface area contributed by atoms with Crippen molar-refractivity contribution in [2.45, 2.75) is 65.3 Å². The number of aliphatic hydroxyl groups is 1. The van der Waals surface area contributed by atoms with Gasteiger partial charge in [-0.05, 0) is 98.7 Å². The number of halogens is 1. The van der Waals surface area contributed by atoms with Crippen LogP contribution in [-0.2, 0) is 0 Å². The number of nitrogens with one attached hydrogen (secondary N) is 1. The molecule has 3 rings (SSSR count).